The van der Waals surface area contributed by atoms with E-state index in [4.69, 9.17) is 4.74 Å². The predicted molar refractivity (Wildman–Crippen MR) is 87.5 cm³/mol. The lowest BCUT2D eigenvalue weighted by Crippen LogP contribution is -2.45. The molecule has 1 aliphatic heterocycles. The van der Waals surface area contributed by atoms with Gasteiger partial charge in [0.2, 0.25) is 0 Å². The normalized spacial score (nSPS) is 19.3. The third-order valence-corrected chi connectivity index (χ3v) is 4.30. The number of likely N-dealkylation sites (tertiary alicyclic amines) is 1. The Morgan fingerprint density at radius 3 is 2.68 bits per heavy atom. The van der Waals surface area contributed by atoms with E-state index in [0.717, 1.165) is 44.5 Å². The van der Waals surface area contributed by atoms with Crippen LogP contribution in [0.25, 0.3) is 0 Å². The average molecular weight is 305 g/mol. The molecule has 1 heterocycles. The zero-order chi connectivity index (χ0) is 15.9. The smallest absolute Gasteiger partial charge is 0.320 e. The number of ether oxygens (including phenoxy) is 1. The second-order valence-corrected chi connectivity index (χ2v) is 6.31. The van der Waals surface area contributed by atoms with Crippen LogP contribution >= 0.6 is 0 Å². The molecule has 1 aliphatic rings. The summed E-state index contributed by atoms with van der Waals surface area (Å²) in [6.07, 6.45) is 3.75. The molecule has 0 spiro atoms. The van der Waals surface area contributed by atoms with E-state index >= 15 is 0 Å². The van der Waals surface area contributed by atoms with Crippen LogP contribution in [-0.2, 0) is 4.79 Å². The lowest BCUT2D eigenvalue weighted by Gasteiger charge is -2.32. The summed E-state index contributed by atoms with van der Waals surface area (Å²) in [5.74, 6) is 0.726. The molecule has 1 aromatic rings. The second kappa shape index (κ2) is 8.18. The zero-order valence-electron chi connectivity index (χ0n) is 13.6. The van der Waals surface area contributed by atoms with Crippen LogP contribution in [0.5, 0.6) is 5.75 Å². The number of aliphatic carboxylic acids is 1. The molecule has 1 saturated heterocycles. The molecule has 2 rings (SSSR count). The third-order valence-electron chi connectivity index (χ3n) is 4.30. The molecule has 4 heteroatoms. The summed E-state index contributed by atoms with van der Waals surface area (Å²) < 4.78 is 5.75. The minimum Gasteiger partial charge on any atom is -0.494 e. The maximum atomic E-state index is 11.2. The van der Waals surface area contributed by atoms with Crippen molar-refractivity contribution in [1.82, 2.24) is 4.90 Å². The molecule has 1 unspecified atom stereocenters. The quantitative estimate of drug-likeness (QED) is 0.783. The topological polar surface area (TPSA) is 49.8 Å². The van der Waals surface area contributed by atoms with E-state index in [2.05, 4.69) is 30.9 Å². The molecule has 0 aliphatic carbocycles. The van der Waals surface area contributed by atoms with Gasteiger partial charge in [0, 0.05) is 6.54 Å². The highest BCUT2D eigenvalue weighted by atomic mass is 16.5. The Kier molecular flexibility index (Phi) is 6.25. The van der Waals surface area contributed by atoms with Gasteiger partial charge in [0.05, 0.1) is 6.61 Å². The number of hydrogen-bond donors (Lipinski definition) is 1. The first-order valence-corrected chi connectivity index (χ1v) is 8.27. The van der Waals surface area contributed by atoms with Crippen molar-refractivity contribution < 1.29 is 14.6 Å². The average Bonchev–Trinajstić information content (AvgIpc) is 2.52. The molecule has 22 heavy (non-hydrogen) atoms. The molecule has 1 fully saturated rings. The SMILES string of the molecule is CC(C)c1ccc(OCCCN2CCCCC2C(=O)O)cc1. The van der Waals surface area contributed by atoms with Crippen molar-refractivity contribution in [3.8, 4) is 5.75 Å². The molecule has 0 amide bonds. The molecular weight excluding hydrogens is 278 g/mol. The third kappa shape index (κ3) is 4.73. The first-order chi connectivity index (χ1) is 10.6. The van der Waals surface area contributed by atoms with Gasteiger partial charge >= 0.3 is 5.97 Å². The van der Waals surface area contributed by atoms with Crippen molar-refractivity contribution in [1.29, 1.82) is 0 Å². The van der Waals surface area contributed by atoms with E-state index in [-0.39, 0.29) is 6.04 Å². The monoisotopic (exact) mass is 305 g/mol. The van der Waals surface area contributed by atoms with Gasteiger partial charge in [-0.2, -0.15) is 0 Å². The van der Waals surface area contributed by atoms with Crippen LogP contribution in [0.4, 0.5) is 0 Å². The Morgan fingerprint density at radius 1 is 1.32 bits per heavy atom. The van der Waals surface area contributed by atoms with Crippen molar-refractivity contribution in [2.45, 2.75) is 51.5 Å². The molecule has 0 radical (unpaired) electrons. The number of rotatable bonds is 7. The maximum absolute atomic E-state index is 11.2. The predicted octanol–water partition coefficient (Wildman–Crippen LogP) is 3.52. The Balaban J connectivity index is 1.73. The summed E-state index contributed by atoms with van der Waals surface area (Å²) in [6, 6.07) is 7.92. The summed E-state index contributed by atoms with van der Waals surface area (Å²) in [5, 5.41) is 9.24. The van der Waals surface area contributed by atoms with Crippen LogP contribution in [0.15, 0.2) is 24.3 Å². The van der Waals surface area contributed by atoms with Crippen LogP contribution in [0.2, 0.25) is 0 Å². The Labute approximate surface area is 133 Å². The van der Waals surface area contributed by atoms with Gasteiger partial charge in [0.25, 0.3) is 0 Å². The Hall–Kier alpha value is -1.55. The van der Waals surface area contributed by atoms with Crippen molar-refractivity contribution in [2.24, 2.45) is 0 Å². The molecule has 0 saturated carbocycles. The van der Waals surface area contributed by atoms with Crippen LogP contribution in [0.3, 0.4) is 0 Å². The number of benzene rings is 1. The molecule has 1 aromatic carbocycles. The van der Waals surface area contributed by atoms with Gasteiger partial charge in [0.15, 0.2) is 0 Å². The highest BCUT2D eigenvalue weighted by molar-refractivity contribution is 5.73. The molecule has 1 atom stereocenters. The van der Waals surface area contributed by atoms with E-state index in [1.54, 1.807) is 0 Å². The highest BCUT2D eigenvalue weighted by Gasteiger charge is 2.27. The number of carboxylic acid groups (broad SMARTS) is 1. The lowest BCUT2D eigenvalue weighted by molar-refractivity contribution is -0.144. The number of carbonyl (C=O) groups is 1. The number of piperidine rings is 1. The summed E-state index contributed by atoms with van der Waals surface area (Å²) in [7, 11) is 0. The van der Waals surface area contributed by atoms with E-state index in [9.17, 15) is 9.90 Å². The van der Waals surface area contributed by atoms with Gasteiger partial charge < -0.3 is 9.84 Å². The highest BCUT2D eigenvalue weighted by Crippen LogP contribution is 2.19. The van der Waals surface area contributed by atoms with Gasteiger partial charge in [-0.05, 0) is 49.4 Å². The van der Waals surface area contributed by atoms with Crippen LogP contribution in [-0.4, -0.2) is 41.7 Å². The van der Waals surface area contributed by atoms with E-state index < -0.39 is 5.97 Å². The number of nitrogens with zero attached hydrogens (tertiary/aromatic N) is 1. The minimum atomic E-state index is -0.690. The van der Waals surface area contributed by atoms with Crippen LogP contribution in [0, 0.1) is 0 Å². The standard InChI is InChI=1S/C18H27NO3/c1-14(2)15-7-9-16(10-8-15)22-13-5-12-19-11-4-3-6-17(19)18(20)21/h7-10,14,17H,3-6,11-13H2,1-2H3,(H,20,21). The molecule has 1 N–H and O–H groups in total. The lowest BCUT2D eigenvalue weighted by atomic mass is 10.0. The summed E-state index contributed by atoms with van der Waals surface area (Å²) >= 11 is 0. The van der Waals surface area contributed by atoms with Crippen LogP contribution < -0.4 is 4.74 Å². The van der Waals surface area contributed by atoms with Crippen molar-refractivity contribution in [2.75, 3.05) is 19.7 Å². The fourth-order valence-electron chi connectivity index (χ4n) is 2.94. The molecule has 0 aromatic heterocycles. The molecule has 0 bridgehead atoms. The second-order valence-electron chi connectivity index (χ2n) is 6.31. The number of carboxylic acids is 1. The number of hydrogen-bond acceptors (Lipinski definition) is 3. The first kappa shape index (κ1) is 16.8. The van der Waals surface area contributed by atoms with Crippen molar-refractivity contribution in [3.05, 3.63) is 29.8 Å². The Morgan fingerprint density at radius 2 is 2.05 bits per heavy atom. The molecular formula is C18H27NO3. The van der Waals surface area contributed by atoms with Crippen molar-refractivity contribution >= 4 is 5.97 Å². The van der Waals surface area contributed by atoms with Crippen molar-refractivity contribution in [3.63, 3.8) is 0 Å². The largest absolute Gasteiger partial charge is 0.494 e. The van der Waals surface area contributed by atoms with E-state index in [0.29, 0.717) is 12.5 Å². The fraction of sp³-hybridized carbons (Fsp3) is 0.611. The van der Waals surface area contributed by atoms with E-state index in [1.807, 2.05) is 12.1 Å². The summed E-state index contributed by atoms with van der Waals surface area (Å²) in [5.41, 5.74) is 1.31. The van der Waals surface area contributed by atoms with Gasteiger partial charge in [-0.1, -0.05) is 32.4 Å². The first-order valence-electron chi connectivity index (χ1n) is 8.27. The summed E-state index contributed by atoms with van der Waals surface area (Å²) in [4.78, 5) is 13.3. The maximum Gasteiger partial charge on any atom is 0.320 e. The molecule has 122 valence electrons. The summed E-state index contributed by atoms with van der Waals surface area (Å²) in [6.45, 7) is 6.66. The van der Waals surface area contributed by atoms with E-state index in [1.165, 1.54) is 5.56 Å². The van der Waals surface area contributed by atoms with Gasteiger partial charge in [-0.3, -0.25) is 9.69 Å². The van der Waals surface area contributed by atoms with Gasteiger partial charge in [-0.25, -0.2) is 0 Å². The Bertz CT molecular complexity index is 470. The van der Waals surface area contributed by atoms with Gasteiger partial charge in [-0.15, -0.1) is 0 Å². The van der Waals surface area contributed by atoms with Gasteiger partial charge in [0.1, 0.15) is 11.8 Å². The minimum absolute atomic E-state index is 0.306. The zero-order valence-corrected chi connectivity index (χ0v) is 13.6. The molecule has 4 nitrogen and oxygen atoms in total. The fourth-order valence-corrected chi connectivity index (χ4v) is 2.94. The van der Waals surface area contributed by atoms with Crippen LogP contribution in [0.1, 0.15) is 51.0 Å².